The Hall–Kier alpha value is -3.16. The molecule has 8 heteroatoms. The van der Waals surface area contributed by atoms with Crippen molar-refractivity contribution in [3.05, 3.63) is 52.2 Å². The molecule has 0 saturated carbocycles. The van der Waals surface area contributed by atoms with Crippen LogP contribution in [0.25, 0.3) is 0 Å². The molecule has 1 heterocycles. The average molecular weight is 303 g/mol. The number of carbonyl (C=O) groups excluding carboxylic acids is 1. The van der Waals surface area contributed by atoms with Gasteiger partial charge in [-0.15, -0.1) is 0 Å². The average Bonchev–Trinajstić information content (AvgIpc) is 2.54. The molecule has 0 saturated heterocycles. The van der Waals surface area contributed by atoms with Crippen molar-refractivity contribution in [1.82, 2.24) is 4.98 Å². The van der Waals surface area contributed by atoms with Gasteiger partial charge in [-0.05, 0) is 24.3 Å². The van der Waals surface area contributed by atoms with Gasteiger partial charge in [0.1, 0.15) is 0 Å². The molecule has 0 radical (unpaired) electrons. The van der Waals surface area contributed by atoms with Gasteiger partial charge in [0.2, 0.25) is 0 Å². The molecule has 0 fully saturated rings. The van der Waals surface area contributed by atoms with E-state index in [9.17, 15) is 14.9 Å². The van der Waals surface area contributed by atoms with Crippen LogP contribution in [0.1, 0.15) is 10.4 Å². The van der Waals surface area contributed by atoms with Crippen LogP contribution in [0.4, 0.5) is 11.5 Å². The highest BCUT2D eigenvalue weighted by atomic mass is 16.6. The second kappa shape index (κ2) is 6.53. The van der Waals surface area contributed by atoms with E-state index in [2.05, 4.69) is 10.3 Å². The molecular weight excluding hydrogens is 290 g/mol. The Morgan fingerprint density at radius 2 is 1.95 bits per heavy atom. The fourth-order valence-electron chi connectivity index (χ4n) is 1.80. The van der Waals surface area contributed by atoms with E-state index in [0.29, 0.717) is 5.75 Å². The second-order valence-corrected chi connectivity index (χ2v) is 4.15. The molecule has 22 heavy (non-hydrogen) atoms. The number of nitro groups is 1. The molecule has 0 spiro atoms. The Morgan fingerprint density at radius 1 is 1.23 bits per heavy atom. The smallest absolute Gasteiger partial charge is 0.311 e. The maximum absolute atomic E-state index is 12.2. The molecular formula is C14H13N3O5. The molecule has 0 aliphatic heterocycles. The van der Waals surface area contributed by atoms with Crippen LogP contribution in [-0.4, -0.2) is 30.0 Å². The largest absolute Gasteiger partial charge is 0.493 e. The molecule has 1 N–H and O–H groups in total. The zero-order valence-corrected chi connectivity index (χ0v) is 11.9. The van der Waals surface area contributed by atoms with Crippen LogP contribution < -0.4 is 14.8 Å². The summed E-state index contributed by atoms with van der Waals surface area (Å²) in [5, 5.41) is 13.5. The lowest BCUT2D eigenvalue weighted by atomic mass is 10.1. The summed E-state index contributed by atoms with van der Waals surface area (Å²) < 4.78 is 9.97. The van der Waals surface area contributed by atoms with Gasteiger partial charge < -0.3 is 14.8 Å². The van der Waals surface area contributed by atoms with E-state index < -0.39 is 10.8 Å². The third-order valence-electron chi connectivity index (χ3n) is 2.86. The number of nitrogens with zero attached hydrogens (tertiary/aromatic N) is 2. The number of hydrogen-bond donors (Lipinski definition) is 1. The van der Waals surface area contributed by atoms with E-state index in [-0.39, 0.29) is 22.8 Å². The van der Waals surface area contributed by atoms with E-state index in [1.807, 2.05) is 0 Å². The van der Waals surface area contributed by atoms with Crippen molar-refractivity contribution in [2.45, 2.75) is 0 Å². The molecule has 0 atom stereocenters. The summed E-state index contributed by atoms with van der Waals surface area (Å²) in [6.07, 6.45) is 1.49. The van der Waals surface area contributed by atoms with Gasteiger partial charge in [0.05, 0.1) is 19.1 Å². The molecule has 1 aromatic heterocycles. The number of rotatable bonds is 5. The predicted octanol–water partition coefficient (Wildman–Crippen LogP) is 2.26. The monoisotopic (exact) mass is 303 g/mol. The Kier molecular flexibility index (Phi) is 4.52. The van der Waals surface area contributed by atoms with Gasteiger partial charge >= 0.3 is 5.69 Å². The third kappa shape index (κ3) is 3.11. The Morgan fingerprint density at radius 3 is 2.59 bits per heavy atom. The highest BCUT2D eigenvalue weighted by molar-refractivity contribution is 6.05. The number of nitrogens with one attached hydrogen (secondary N) is 1. The van der Waals surface area contributed by atoms with Gasteiger partial charge in [-0.3, -0.25) is 14.9 Å². The zero-order valence-electron chi connectivity index (χ0n) is 11.9. The Balaban J connectivity index is 2.30. The number of pyridine rings is 1. The summed E-state index contributed by atoms with van der Waals surface area (Å²) in [6.45, 7) is 0. The topological polar surface area (TPSA) is 104 Å². The van der Waals surface area contributed by atoms with Crippen LogP contribution in [0.3, 0.4) is 0 Å². The molecule has 1 aromatic carbocycles. The molecule has 2 rings (SSSR count). The number of methoxy groups -OCH3 is 2. The van der Waals surface area contributed by atoms with Crippen LogP contribution in [-0.2, 0) is 0 Å². The van der Waals surface area contributed by atoms with Crippen LogP contribution in [0.2, 0.25) is 0 Å². The standard InChI is InChI=1S/C14H13N3O5/c1-21-11-6-5-9(8-10(11)17(19)20)14(18)16-13-12(22-2)4-3-7-15-13/h3-8H,1-2H3,(H,15,16,18). The minimum atomic E-state index is -0.614. The number of aromatic nitrogens is 1. The van der Waals surface area contributed by atoms with Gasteiger partial charge in [-0.2, -0.15) is 0 Å². The summed E-state index contributed by atoms with van der Waals surface area (Å²) in [4.78, 5) is 26.5. The van der Waals surface area contributed by atoms with E-state index in [0.717, 1.165) is 6.07 Å². The van der Waals surface area contributed by atoms with Crippen LogP contribution in [0.15, 0.2) is 36.5 Å². The van der Waals surface area contributed by atoms with E-state index >= 15 is 0 Å². The maximum Gasteiger partial charge on any atom is 0.311 e. The first-order valence-electron chi connectivity index (χ1n) is 6.19. The summed E-state index contributed by atoms with van der Waals surface area (Å²) in [5.41, 5.74) is -0.177. The second-order valence-electron chi connectivity index (χ2n) is 4.15. The lowest BCUT2D eigenvalue weighted by Gasteiger charge is -2.09. The first-order valence-corrected chi connectivity index (χ1v) is 6.19. The van der Waals surface area contributed by atoms with Gasteiger partial charge in [0.25, 0.3) is 5.91 Å². The van der Waals surface area contributed by atoms with E-state index in [1.165, 1.54) is 32.5 Å². The molecule has 0 unspecified atom stereocenters. The Bertz CT molecular complexity index is 717. The fraction of sp³-hybridized carbons (Fsp3) is 0.143. The Labute approximate surface area is 125 Å². The first-order chi connectivity index (χ1) is 10.6. The maximum atomic E-state index is 12.2. The molecule has 114 valence electrons. The normalized spacial score (nSPS) is 9.91. The summed E-state index contributed by atoms with van der Waals surface area (Å²) in [6, 6.07) is 7.23. The third-order valence-corrected chi connectivity index (χ3v) is 2.86. The van der Waals surface area contributed by atoms with Crippen LogP contribution in [0.5, 0.6) is 11.5 Å². The number of carbonyl (C=O) groups is 1. The number of anilines is 1. The van der Waals surface area contributed by atoms with Gasteiger partial charge in [-0.25, -0.2) is 4.98 Å². The summed E-state index contributed by atoms with van der Waals surface area (Å²) in [7, 11) is 2.77. The van der Waals surface area contributed by atoms with Crippen LogP contribution in [0, 0.1) is 10.1 Å². The number of ether oxygens (including phenoxy) is 2. The molecule has 0 aliphatic carbocycles. The predicted molar refractivity (Wildman–Crippen MR) is 78.4 cm³/mol. The first kappa shape index (κ1) is 15.2. The summed E-state index contributed by atoms with van der Waals surface area (Å²) in [5.74, 6) is 0.159. The molecule has 0 aliphatic rings. The fourth-order valence-corrected chi connectivity index (χ4v) is 1.80. The SMILES string of the molecule is COc1ccc(C(=O)Nc2ncccc2OC)cc1[N+](=O)[O-]. The quantitative estimate of drug-likeness (QED) is 0.671. The minimum Gasteiger partial charge on any atom is -0.493 e. The zero-order chi connectivity index (χ0) is 16.1. The van der Waals surface area contributed by atoms with Crippen molar-refractivity contribution in [2.24, 2.45) is 0 Å². The lowest BCUT2D eigenvalue weighted by molar-refractivity contribution is -0.385. The number of hydrogen-bond acceptors (Lipinski definition) is 6. The van der Waals surface area contributed by atoms with Gasteiger partial charge in [-0.1, -0.05) is 0 Å². The van der Waals surface area contributed by atoms with Crippen molar-refractivity contribution < 1.29 is 19.2 Å². The summed E-state index contributed by atoms with van der Waals surface area (Å²) >= 11 is 0. The van der Waals surface area contributed by atoms with Crippen molar-refractivity contribution in [3.63, 3.8) is 0 Å². The van der Waals surface area contributed by atoms with Crippen molar-refractivity contribution >= 4 is 17.4 Å². The van der Waals surface area contributed by atoms with Crippen LogP contribution >= 0.6 is 0 Å². The number of benzene rings is 1. The van der Waals surface area contributed by atoms with E-state index in [4.69, 9.17) is 9.47 Å². The lowest BCUT2D eigenvalue weighted by Crippen LogP contribution is -2.14. The van der Waals surface area contributed by atoms with E-state index in [1.54, 1.807) is 12.1 Å². The van der Waals surface area contributed by atoms with Gasteiger partial charge in [0.15, 0.2) is 17.3 Å². The number of nitro benzene ring substituents is 1. The number of amides is 1. The molecule has 0 bridgehead atoms. The molecule has 8 nitrogen and oxygen atoms in total. The highest BCUT2D eigenvalue weighted by Crippen LogP contribution is 2.28. The minimum absolute atomic E-state index is 0.0805. The van der Waals surface area contributed by atoms with Gasteiger partial charge in [0, 0.05) is 17.8 Å². The van der Waals surface area contributed by atoms with Crippen molar-refractivity contribution in [2.75, 3.05) is 19.5 Å². The highest BCUT2D eigenvalue weighted by Gasteiger charge is 2.19. The van der Waals surface area contributed by atoms with Crippen molar-refractivity contribution in [3.8, 4) is 11.5 Å². The molecule has 1 amide bonds. The van der Waals surface area contributed by atoms with Crippen molar-refractivity contribution in [1.29, 1.82) is 0 Å². The molecule has 2 aromatic rings.